The first kappa shape index (κ1) is 12.4. The summed E-state index contributed by atoms with van der Waals surface area (Å²) in [5.41, 5.74) is 3.69. The Morgan fingerprint density at radius 2 is 2.00 bits per heavy atom. The van der Waals surface area contributed by atoms with Gasteiger partial charge in [-0.1, -0.05) is 36.4 Å². The van der Waals surface area contributed by atoms with Crippen LogP contribution in [-0.4, -0.2) is 11.6 Å². The molecule has 1 N–H and O–H groups in total. The lowest BCUT2D eigenvalue weighted by molar-refractivity contribution is 0.0970. The topological polar surface area (TPSA) is 34.1 Å². The molecule has 2 aromatic carbocycles. The van der Waals surface area contributed by atoms with Crippen LogP contribution in [0.15, 0.2) is 60.9 Å². The van der Waals surface area contributed by atoms with Gasteiger partial charge in [-0.2, -0.15) is 0 Å². The van der Waals surface area contributed by atoms with Crippen molar-refractivity contribution in [1.29, 1.82) is 0 Å². The van der Waals surface area contributed by atoms with Gasteiger partial charge in [0.1, 0.15) is 0 Å². The average Bonchev–Trinajstić information content (AvgIpc) is 2.56. The first-order chi connectivity index (χ1) is 10.4. The summed E-state index contributed by atoms with van der Waals surface area (Å²) in [6, 6.07) is 16.9. The molecular weight excluding hydrogens is 260 g/mol. The van der Waals surface area contributed by atoms with Gasteiger partial charge < -0.3 is 10.1 Å². The van der Waals surface area contributed by atoms with Crippen molar-refractivity contribution in [3.05, 3.63) is 72.1 Å². The fourth-order valence-electron chi connectivity index (χ4n) is 2.93. The maximum absolute atomic E-state index is 5.71. The number of rotatable bonds is 2. The van der Waals surface area contributed by atoms with E-state index < -0.39 is 0 Å². The van der Waals surface area contributed by atoms with Gasteiger partial charge in [-0.25, -0.2) is 0 Å². The first-order valence-electron chi connectivity index (χ1n) is 7.16. The molecule has 3 aromatic rings. The number of nitrogens with zero attached hydrogens (tertiary/aromatic N) is 1. The Kier molecular flexibility index (Phi) is 3.05. The SMILES string of the molecule is c1ccc2c(c1)COCC2Nc1cccc2ccncc12. The van der Waals surface area contributed by atoms with Gasteiger partial charge in [0.2, 0.25) is 0 Å². The number of anilines is 1. The van der Waals surface area contributed by atoms with Crippen LogP contribution >= 0.6 is 0 Å². The van der Waals surface area contributed by atoms with Crippen molar-refractivity contribution < 1.29 is 4.74 Å². The summed E-state index contributed by atoms with van der Waals surface area (Å²) >= 11 is 0. The van der Waals surface area contributed by atoms with Crippen LogP contribution in [-0.2, 0) is 11.3 Å². The molecule has 0 aliphatic carbocycles. The van der Waals surface area contributed by atoms with Gasteiger partial charge in [0, 0.05) is 23.5 Å². The fraction of sp³-hybridized carbons (Fsp3) is 0.167. The lowest BCUT2D eigenvalue weighted by Crippen LogP contribution is -2.23. The maximum Gasteiger partial charge on any atom is 0.0751 e. The van der Waals surface area contributed by atoms with E-state index in [4.69, 9.17) is 4.74 Å². The molecule has 2 heterocycles. The minimum absolute atomic E-state index is 0.181. The number of fused-ring (bicyclic) bond motifs is 2. The van der Waals surface area contributed by atoms with Crippen LogP contribution in [0.5, 0.6) is 0 Å². The molecule has 1 aliphatic heterocycles. The van der Waals surface area contributed by atoms with E-state index in [1.54, 1.807) is 0 Å². The van der Waals surface area contributed by atoms with Crippen LogP contribution in [0, 0.1) is 0 Å². The van der Waals surface area contributed by atoms with E-state index in [0.717, 1.165) is 11.1 Å². The molecule has 0 spiro atoms. The van der Waals surface area contributed by atoms with E-state index >= 15 is 0 Å². The van der Waals surface area contributed by atoms with Crippen LogP contribution in [0.25, 0.3) is 10.8 Å². The molecule has 0 bridgehead atoms. The minimum Gasteiger partial charge on any atom is -0.375 e. The third kappa shape index (κ3) is 2.26. The average molecular weight is 276 g/mol. The largest absolute Gasteiger partial charge is 0.375 e. The number of nitrogens with one attached hydrogen (secondary N) is 1. The Morgan fingerprint density at radius 1 is 1.05 bits per heavy atom. The van der Waals surface area contributed by atoms with Crippen molar-refractivity contribution in [2.24, 2.45) is 0 Å². The number of hydrogen-bond donors (Lipinski definition) is 1. The van der Waals surface area contributed by atoms with Crippen molar-refractivity contribution in [3.63, 3.8) is 0 Å². The standard InChI is InChI=1S/C18H16N2O/c1-2-6-15-14(4-1)11-21-12-18(15)20-17-7-3-5-13-8-9-19-10-16(13)17/h1-10,18,20H,11-12H2. The molecule has 1 aliphatic rings. The molecule has 0 radical (unpaired) electrons. The quantitative estimate of drug-likeness (QED) is 0.770. The zero-order valence-electron chi connectivity index (χ0n) is 11.6. The zero-order chi connectivity index (χ0) is 14.1. The number of pyridine rings is 1. The van der Waals surface area contributed by atoms with Crippen molar-refractivity contribution >= 4 is 16.5 Å². The van der Waals surface area contributed by atoms with E-state index in [9.17, 15) is 0 Å². The van der Waals surface area contributed by atoms with E-state index in [1.165, 1.54) is 16.5 Å². The molecule has 104 valence electrons. The highest BCUT2D eigenvalue weighted by Crippen LogP contribution is 2.30. The highest BCUT2D eigenvalue weighted by atomic mass is 16.5. The maximum atomic E-state index is 5.71. The van der Waals surface area contributed by atoms with Crippen molar-refractivity contribution in [1.82, 2.24) is 4.98 Å². The van der Waals surface area contributed by atoms with Crippen LogP contribution in [0.1, 0.15) is 17.2 Å². The molecule has 0 amide bonds. The van der Waals surface area contributed by atoms with Gasteiger partial charge in [0.05, 0.1) is 19.3 Å². The van der Waals surface area contributed by atoms with Gasteiger partial charge in [-0.05, 0) is 28.6 Å². The van der Waals surface area contributed by atoms with Gasteiger partial charge >= 0.3 is 0 Å². The first-order valence-corrected chi connectivity index (χ1v) is 7.16. The highest BCUT2D eigenvalue weighted by Gasteiger charge is 2.20. The van der Waals surface area contributed by atoms with Crippen molar-refractivity contribution in [2.45, 2.75) is 12.6 Å². The summed E-state index contributed by atoms with van der Waals surface area (Å²) in [6.07, 6.45) is 3.73. The summed E-state index contributed by atoms with van der Waals surface area (Å²) in [4.78, 5) is 4.24. The Balaban J connectivity index is 1.73. The molecular formula is C18H16N2O. The van der Waals surface area contributed by atoms with Crippen LogP contribution in [0.2, 0.25) is 0 Å². The van der Waals surface area contributed by atoms with E-state index in [2.05, 4.69) is 52.8 Å². The number of hydrogen-bond acceptors (Lipinski definition) is 3. The fourth-order valence-corrected chi connectivity index (χ4v) is 2.93. The molecule has 4 rings (SSSR count). The molecule has 0 saturated heterocycles. The molecule has 1 aromatic heterocycles. The molecule has 21 heavy (non-hydrogen) atoms. The molecule has 1 unspecified atom stereocenters. The lowest BCUT2D eigenvalue weighted by atomic mass is 9.98. The number of aromatic nitrogens is 1. The second-order valence-corrected chi connectivity index (χ2v) is 5.31. The zero-order valence-corrected chi connectivity index (χ0v) is 11.6. The van der Waals surface area contributed by atoms with Crippen LogP contribution in [0.4, 0.5) is 5.69 Å². The Labute approximate surface area is 123 Å². The molecule has 3 nitrogen and oxygen atoms in total. The van der Waals surface area contributed by atoms with Crippen molar-refractivity contribution in [3.8, 4) is 0 Å². The van der Waals surface area contributed by atoms with Gasteiger partial charge in [-0.3, -0.25) is 4.98 Å². The molecule has 1 atom stereocenters. The van der Waals surface area contributed by atoms with Crippen LogP contribution in [0.3, 0.4) is 0 Å². The van der Waals surface area contributed by atoms with Gasteiger partial charge in [0.25, 0.3) is 0 Å². The smallest absolute Gasteiger partial charge is 0.0751 e. The summed E-state index contributed by atoms with van der Waals surface area (Å²) in [5.74, 6) is 0. The second-order valence-electron chi connectivity index (χ2n) is 5.31. The summed E-state index contributed by atoms with van der Waals surface area (Å²) < 4.78 is 5.71. The number of ether oxygens (including phenoxy) is 1. The monoisotopic (exact) mass is 276 g/mol. The third-order valence-electron chi connectivity index (χ3n) is 3.99. The summed E-state index contributed by atoms with van der Waals surface area (Å²) in [6.45, 7) is 1.39. The Morgan fingerprint density at radius 3 is 3.00 bits per heavy atom. The Bertz CT molecular complexity index is 780. The summed E-state index contributed by atoms with van der Waals surface area (Å²) in [5, 5.41) is 5.95. The van der Waals surface area contributed by atoms with Gasteiger partial charge in [0.15, 0.2) is 0 Å². The lowest BCUT2D eigenvalue weighted by Gasteiger charge is -2.27. The van der Waals surface area contributed by atoms with E-state index in [1.807, 2.05) is 18.5 Å². The van der Waals surface area contributed by atoms with Crippen LogP contribution < -0.4 is 5.32 Å². The van der Waals surface area contributed by atoms with Gasteiger partial charge in [-0.15, -0.1) is 0 Å². The molecule has 0 fully saturated rings. The third-order valence-corrected chi connectivity index (χ3v) is 3.99. The van der Waals surface area contributed by atoms with E-state index in [0.29, 0.717) is 13.2 Å². The normalized spacial score (nSPS) is 17.4. The second kappa shape index (κ2) is 5.19. The van der Waals surface area contributed by atoms with Crippen molar-refractivity contribution in [2.75, 3.05) is 11.9 Å². The summed E-state index contributed by atoms with van der Waals surface area (Å²) in [7, 11) is 0. The molecule has 3 heteroatoms. The minimum atomic E-state index is 0.181. The van der Waals surface area contributed by atoms with E-state index in [-0.39, 0.29) is 6.04 Å². The molecule has 0 saturated carbocycles. The predicted molar refractivity (Wildman–Crippen MR) is 84.2 cm³/mol. The number of benzene rings is 2. The highest BCUT2D eigenvalue weighted by molar-refractivity contribution is 5.93. The Hall–Kier alpha value is -2.39. The predicted octanol–water partition coefficient (Wildman–Crippen LogP) is 3.92.